The zero-order valence-corrected chi connectivity index (χ0v) is 9.69. The Balaban J connectivity index is 2.37. The van der Waals surface area contributed by atoms with Crippen LogP contribution in [0, 0.1) is 15.9 Å². The maximum Gasteiger partial charge on any atom is 0.328 e. The molecule has 2 aromatic rings. The Labute approximate surface area is 110 Å². The molecule has 0 amide bonds. The molecule has 1 aromatic carbocycles. The fraction of sp³-hybridized carbons (Fsp3) is 0. The normalized spacial score (nSPS) is 10.8. The lowest BCUT2D eigenvalue weighted by atomic mass is 10.2. The van der Waals surface area contributed by atoms with Crippen LogP contribution in [0.1, 0.15) is 5.89 Å². The van der Waals surface area contributed by atoms with Crippen molar-refractivity contribution < 1.29 is 23.6 Å². The minimum Gasteiger partial charge on any atom is -0.478 e. The van der Waals surface area contributed by atoms with Crippen molar-refractivity contribution in [2.24, 2.45) is 0 Å². The molecule has 0 atom stereocenters. The Morgan fingerprint density at radius 1 is 1.40 bits per heavy atom. The first kappa shape index (κ1) is 13.3. The molecule has 9 heteroatoms. The van der Waals surface area contributed by atoms with Crippen LogP contribution in [0.15, 0.2) is 28.7 Å². The third kappa shape index (κ3) is 3.02. The van der Waals surface area contributed by atoms with Gasteiger partial charge in [-0.2, -0.15) is 0 Å². The summed E-state index contributed by atoms with van der Waals surface area (Å²) in [5.41, 5.74) is -0.431. The fourth-order valence-corrected chi connectivity index (χ4v) is 1.36. The van der Waals surface area contributed by atoms with E-state index in [0.717, 1.165) is 30.4 Å². The number of aliphatic carboxylic acids is 1. The molecule has 8 nitrogen and oxygen atoms in total. The number of carbonyl (C=O) groups is 1. The molecular formula is C11H6FN3O5. The fourth-order valence-electron chi connectivity index (χ4n) is 1.36. The van der Waals surface area contributed by atoms with Gasteiger partial charge in [-0.15, -0.1) is 10.2 Å². The molecule has 0 fully saturated rings. The van der Waals surface area contributed by atoms with Crippen LogP contribution in [0.25, 0.3) is 17.5 Å². The van der Waals surface area contributed by atoms with Crippen molar-refractivity contribution in [2.75, 3.05) is 0 Å². The van der Waals surface area contributed by atoms with E-state index in [9.17, 15) is 19.3 Å². The standard InChI is InChI=1S/C11H6FN3O5/c12-7-3-6(4-8(5-7)15(18)19)11-14-13-9(20-11)1-2-10(16)17/h1-5H,(H,16,17)/b2-1+. The predicted molar refractivity (Wildman–Crippen MR) is 63.0 cm³/mol. The van der Waals surface area contributed by atoms with Gasteiger partial charge in [-0.25, -0.2) is 9.18 Å². The molecule has 102 valence electrons. The lowest BCUT2D eigenvalue weighted by Crippen LogP contribution is -1.90. The van der Waals surface area contributed by atoms with E-state index in [0.29, 0.717) is 0 Å². The third-order valence-electron chi connectivity index (χ3n) is 2.15. The zero-order chi connectivity index (χ0) is 14.7. The van der Waals surface area contributed by atoms with Crippen molar-refractivity contribution in [3.63, 3.8) is 0 Å². The summed E-state index contributed by atoms with van der Waals surface area (Å²) in [6.45, 7) is 0. The highest BCUT2D eigenvalue weighted by molar-refractivity contribution is 5.84. The summed E-state index contributed by atoms with van der Waals surface area (Å²) in [5, 5.41) is 26.1. The number of benzene rings is 1. The second kappa shape index (κ2) is 5.26. The van der Waals surface area contributed by atoms with Crippen molar-refractivity contribution in [3.8, 4) is 11.5 Å². The number of carboxylic acids is 1. The van der Waals surface area contributed by atoms with Crippen LogP contribution in [0.3, 0.4) is 0 Å². The SMILES string of the molecule is O=C(O)/C=C/c1nnc(-c2cc(F)cc([N+](=O)[O-])c2)o1. The summed E-state index contributed by atoms with van der Waals surface area (Å²) in [5.74, 6) is -2.30. The van der Waals surface area contributed by atoms with Crippen LogP contribution in [-0.4, -0.2) is 26.2 Å². The number of nitrogens with zero attached hydrogens (tertiary/aromatic N) is 3. The first-order chi connectivity index (χ1) is 9.45. The number of halogens is 1. The number of nitro groups is 1. The van der Waals surface area contributed by atoms with Crippen molar-refractivity contribution in [3.05, 3.63) is 46.1 Å². The highest BCUT2D eigenvalue weighted by Gasteiger charge is 2.14. The van der Waals surface area contributed by atoms with Gasteiger partial charge in [-0.3, -0.25) is 10.1 Å². The molecule has 0 spiro atoms. The summed E-state index contributed by atoms with van der Waals surface area (Å²) >= 11 is 0. The highest BCUT2D eigenvalue weighted by atomic mass is 19.1. The van der Waals surface area contributed by atoms with E-state index in [2.05, 4.69) is 10.2 Å². The largest absolute Gasteiger partial charge is 0.478 e. The second-order valence-electron chi connectivity index (χ2n) is 3.57. The Hall–Kier alpha value is -3.10. The van der Waals surface area contributed by atoms with Crippen LogP contribution in [0.5, 0.6) is 0 Å². The molecule has 0 aliphatic rings. The Kier molecular flexibility index (Phi) is 3.51. The van der Waals surface area contributed by atoms with Gasteiger partial charge in [0.1, 0.15) is 5.82 Å². The topological polar surface area (TPSA) is 119 Å². The average molecular weight is 279 g/mol. The molecule has 0 aliphatic heterocycles. The first-order valence-corrected chi connectivity index (χ1v) is 5.15. The van der Waals surface area contributed by atoms with Crippen LogP contribution in [0.4, 0.5) is 10.1 Å². The molecule has 0 radical (unpaired) electrons. The molecule has 1 aromatic heterocycles. The van der Waals surface area contributed by atoms with Crippen LogP contribution >= 0.6 is 0 Å². The number of aromatic nitrogens is 2. The monoisotopic (exact) mass is 279 g/mol. The summed E-state index contributed by atoms with van der Waals surface area (Å²) in [6, 6.07) is 2.82. The van der Waals surface area contributed by atoms with Gasteiger partial charge in [-0.1, -0.05) is 0 Å². The van der Waals surface area contributed by atoms with Gasteiger partial charge in [-0.05, 0) is 6.07 Å². The van der Waals surface area contributed by atoms with E-state index in [1.54, 1.807) is 0 Å². The predicted octanol–water partition coefficient (Wildman–Crippen LogP) is 1.88. The van der Waals surface area contributed by atoms with Crippen LogP contribution in [-0.2, 0) is 4.79 Å². The smallest absolute Gasteiger partial charge is 0.328 e. The van der Waals surface area contributed by atoms with Gasteiger partial charge in [0.15, 0.2) is 0 Å². The number of hydrogen-bond acceptors (Lipinski definition) is 6. The first-order valence-electron chi connectivity index (χ1n) is 5.15. The lowest BCUT2D eigenvalue weighted by Gasteiger charge is -1.96. The van der Waals surface area contributed by atoms with Crippen molar-refractivity contribution in [2.45, 2.75) is 0 Å². The van der Waals surface area contributed by atoms with Gasteiger partial charge >= 0.3 is 5.97 Å². The third-order valence-corrected chi connectivity index (χ3v) is 2.15. The molecule has 1 N–H and O–H groups in total. The van der Waals surface area contributed by atoms with E-state index < -0.39 is 22.4 Å². The second-order valence-corrected chi connectivity index (χ2v) is 3.57. The van der Waals surface area contributed by atoms with Gasteiger partial charge < -0.3 is 9.52 Å². The van der Waals surface area contributed by atoms with Crippen LogP contribution in [0.2, 0.25) is 0 Å². The molecule has 0 saturated carbocycles. The van der Waals surface area contributed by atoms with E-state index in [1.807, 2.05) is 0 Å². The summed E-state index contributed by atoms with van der Waals surface area (Å²) < 4.78 is 18.3. The number of carboxylic acid groups (broad SMARTS) is 1. The van der Waals surface area contributed by atoms with Crippen LogP contribution < -0.4 is 0 Å². The summed E-state index contributed by atoms with van der Waals surface area (Å²) in [6.07, 6.45) is 1.83. The maximum absolute atomic E-state index is 13.2. The number of rotatable bonds is 4. The average Bonchev–Trinajstić information content (AvgIpc) is 2.84. The number of nitro benzene ring substituents is 1. The van der Waals surface area contributed by atoms with E-state index in [4.69, 9.17) is 9.52 Å². The summed E-state index contributed by atoms with van der Waals surface area (Å²) in [4.78, 5) is 20.2. The highest BCUT2D eigenvalue weighted by Crippen LogP contribution is 2.24. The van der Waals surface area contributed by atoms with E-state index >= 15 is 0 Å². The van der Waals surface area contributed by atoms with E-state index in [-0.39, 0.29) is 17.3 Å². The van der Waals surface area contributed by atoms with Crippen molar-refractivity contribution >= 4 is 17.7 Å². The summed E-state index contributed by atoms with van der Waals surface area (Å²) in [7, 11) is 0. The Bertz CT molecular complexity index is 710. The molecule has 0 bridgehead atoms. The minimum atomic E-state index is -1.20. The van der Waals surface area contributed by atoms with Gasteiger partial charge in [0.05, 0.1) is 11.0 Å². The quantitative estimate of drug-likeness (QED) is 0.515. The molecule has 20 heavy (non-hydrogen) atoms. The molecule has 2 rings (SSSR count). The number of hydrogen-bond donors (Lipinski definition) is 1. The zero-order valence-electron chi connectivity index (χ0n) is 9.69. The maximum atomic E-state index is 13.2. The van der Waals surface area contributed by atoms with Gasteiger partial charge in [0.2, 0.25) is 11.8 Å². The van der Waals surface area contributed by atoms with Gasteiger partial charge in [0, 0.05) is 23.8 Å². The molecular weight excluding hydrogens is 273 g/mol. The van der Waals surface area contributed by atoms with Gasteiger partial charge in [0.25, 0.3) is 5.69 Å². The van der Waals surface area contributed by atoms with Crippen molar-refractivity contribution in [1.29, 1.82) is 0 Å². The molecule has 1 heterocycles. The Morgan fingerprint density at radius 2 is 2.15 bits per heavy atom. The number of non-ortho nitro benzene ring substituents is 1. The minimum absolute atomic E-state index is 0.0270. The van der Waals surface area contributed by atoms with E-state index in [1.165, 1.54) is 0 Å². The Morgan fingerprint density at radius 3 is 2.80 bits per heavy atom. The molecule has 0 unspecified atom stereocenters. The molecule has 0 aliphatic carbocycles. The molecule has 0 saturated heterocycles. The van der Waals surface area contributed by atoms with Crippen molar-refractivity contribution in [1.82, 2.24) is 10.2 Å². The lowest BCUT2D eigenvalue weighted by molar-refractivity contribution is -0.385.